The Balaban J connectivity index is 2.26. The summed E-state index contributed by atoms with van der Waals surface area (Å²) in [6, 6.07) is 0.164. The molecule has 1 aliphatic carbocycles. The smallest absolute Gasteiger partial charge is 0.0850 e. The topological polar surface area (TPSA) is 43.8 Å². The fourth-order valence-electron chi connectivity index (χ4n) is 3.12. The van der Waals surface area contributed by atoms with E-state index in [0.29, 0.717) is 0 Å². The summed E-state index contributed by atoms with van der Waals surface area (Å²) in [5.41, 5.74) is 9.84. The van der Waals surface area contributed by atoms with Crippen LogP contribution in [-0.4, -0.2) is 15.8 Å². The molecule has 106 valence electrons. The highest BCUT2D eigenvalue weighted by Gasteiger charge is 2.27. The maximum Gasteiger partial charge on any atom is 0.0850 e. The predicted molar refractivity (Wildman–Crippen MR) is 80.4 cm³/mol. The molecular formula is C15H24ClN3. The minimum absolute atomic E-state index is 0.164. The number of halogens is 1. The zero-order valence-electron chi connectivity index (χ0n) is 12.3. The molecule has 1 aromatic heterocycles. The van der Waals surface area contributed by atoms with Gasteiger partial charge in [-0.15, -0.1) is 0 Å². The average Bonchev–Trinajstić information content (AvgIpc) is 2.54. The highest BCUT2D eigenvalue weighted by atomic mass is 35.5. The van der Waals surface area contributed by atoms with Crippen molar-refractivity contribution >= 4 is 11.6 Å². The summed E-state index contributed by atoms with van der Waals surface area (Å²) in [7, 11) is 0. The number of hydrogen-bond donors (Lipinski definition) is 1. The van der Waals surface area contributed by atoms with Crippen molar-refractivity contribution in [3.63, 3.8) is 0 Å². The summed E-state index contributed by atoms with van der Waals surface area (Å²) in [4.78, 5) is 0. The molecule has 0 fully saturated rings. The molecular weight excluding hydrogens is 258 g/mol. The van der Waals surface area contributed by atoms with Crippen molar-refractivity contribution in [2.24, 2.45) is 11.1 Å². The van der Waals surface area contributed by atoms with Crippen LogP contribution in [0, 0.1) is 12.3 Å². The van der Waals surface area contributed by atoms with Crippen molar-refractivity contribution in [2.75, 3.05) is 0 Å². The van der Waals surface area contributed by atoms with Crippen molar-refractivity contribution in [1.29, 1.82) is 0 Å². The van der Waals surface area contributed by atoms with Gasteiger partial charge < -0.3 is 5.73 Å². The van der Waals surface area contributed by atoms with Crippen LogP contribution in [0.1, 0.15) is 45.0 Å². The lowest BCUT2D eigenvalue weighted by Gasteiger charge is -2.33. The van der Waals surface area contributed by atoms with Gasteiger partial charge in [0.1, 0.15) is 0 Å². The Bertz CT molecular complexity index is 500. The maximum absolute atomic E-state index is 6.38. The van der Waals surface area contributed by atoms with Gasteiger partial charge in [-0.05, 0) is 32.1 Å². The number of allylic oxidation sites excluding steroid dienone is 1. The van der Waals surface area contributed by atoms with Gasteiger partial charge in [0.05, 0.1) is 16.4 Å². The van der Waals surface area contributed by atoms with E-state index >= 15 is 0 Å². The highest BCUT2D eigenvalue weighted by Crippen LogP contribution is 2.36. The molecule has 0 spiro atoms. The van der Waals surface area contributed by atoms with Gasteiger partial charge in [0.15, 0.2) is 0 Å². The Morgan fingerprint density at radius 2 is 2.21 bits per heavy atom. The SMILES string of the molecule is CCn1nc(C)c(Cl)c1CC1=CC(N)CC(C)(C)C1. The lowest BCUT2D eigenvalue weighted by molar-refractivity contribution is 0.299. The van der Waals surface area contributed by atoms with Gasteiger partial charge in [0.2, 0.25) is 0 Å². The van der Waals surface area contributed by atoms with Gasteiger partial charge in [-0.3, -0.25) is 4.68 Å². The summed E-state index contributed by atoms with van der Waals surface area (Å²) in [5.74, 6) is 0. The molecule has 0 aromatic carbocycles. The Morgan fingerprint density at radius 3 is 2.79 bits per heavy atom. The van der Waals surface area contributed by atoms with E-state index in [4.69, 9.17) is 17.3 Å². The van der Waals surface area contributed by atoms with E-state index in [1.54, 1.807) is 0 Å². The first-order valence-electron chi connectivity index (χ1n) is 6.99. The zero-order chi connectivity index (χ0) is 14.2. The van der Waals surface area contributed by atoms with Crippen LogP contribution in [0.15, 0.2) is 11.6 Å². The first-order chi connectivity index (χ1) is 8.82. The van der Waals surface area contributed by atoms with Crippen molar-refractivity contribution in [2.45, 2.75) is 59.5 Å². The van der Waals surface area contributed by atoms with Gasteiger partial charge in [0.25, 0.3) is 0 Å². The highest BCUT2D eigenvalue weighted by molar-refractivity contribution is 6.31. The standard InChI is InChI=1S/C15H24ClN3/c1-5-19-13(14(16)10(2)18-19)7-11-6-12(17)9-15(3,4)8-11/h6,12H,5,7-9,17H2,1-4H3. The van der Waals surface area contributed by atoms with Crippen molar-refractivity contribution < 1.29 is 0 Å². The summed E-state index contributed by atoms with van der Waals surface area (Å²) in [6.45, 7) is 9.47. The number of aromatic nitrogens is 2. The third-order valence-electron chi connectivity index (χ3n) is 3.79. The fraction of sp³-hybridized carbons (Fsp3) is 0.667. The Labute approximate surface area is 120 Å². The molecule has 1 heterocycles. The second kappa shape index (κ2) is 5.29. The van der Waals surface area contributed by atoms with E-state index in [0.717, 1.165) is 42.2 Å². The van der Waals surface area contributed by atoms with Crippen molar-refractivity contribution in [1.82, 2.24) is 9.78 Å². The van der Waals surface area contributed by atoms with Crippen LogP contribution >= 0.6 is 11.6 Å². The number of nitrogens with zero attached hydrogens (tertiary/aromatic N) is 2. The average molecular weight is 282 g/mol. The Hall–Kier alpha value is -0.800. The van der Waals surface area contributed by atoms with Crippen LogP contribution in [0.3, 0.4) is 0 Å². The van der Waals surface area contributed by atoms with Crippen LogP contribution < -0.4 is 5.73 Å². The van der Waals surface area contributed by atoms with E-state index in [2.05, 4.69) is 31.9 Å². The molecule has 0 saturated heterocycles. The van der Waals surface area contributed by atoms with E-state index < -0.39 is 0 Å². The number of rotatable bonds is 3. The van der Waals surface area contributed by atoms with Crippen LogP contribution in [0.4, 0.5) is 0 Å². The number of nitrogens with two attached hydrogens (primary N) is 1. The van der Waals surface area contributed by atoms with Gasteiger partial charge in [0, 0.05) is 19.0 Å². The lowest BCUT2D eigenvalue weighted by Crippen LogP contribution is -2.31. The molecule has 1 atom stereocenters. The van der Waals surface area contributed by atoms with E-state index in [-0.39, 0.29) is 11.5 Å². The molecule has 1 aliphatic rings. The molecule has 0 saturated carbocycles. The van der Waals surface area contributed by atoms with Gasteiger partial charge in [-0.2, -0.15) is 5.10 Å². The van der Waals surface area contributed by atoms with E-state index in [1.165, 1.54) is 5.57 Å². The summed E-state index contributed by atoms with van der Waals surface area (Å²) in [6.07, 6.45) is 5.22. The monoisotopic (exact) mass is 281 g/mol. The quantitative estimate of drug-likeness (QED) is 0.862. The van der Waals surface area contributed by atoms with Gasteiger partial charge >= 0.3 is 0 Å². The predicted octanol–water partition coefficient (Wildman–Crippen LogP) is 3.48. The molecule has 0 aliphatic heterocycles. The molecule has 1 unspecified atom stereocenters. The van der Waals surface area contributed by atoms with E-state index in [9.17, 15) is 0 Å². The number of aryl methyl sites for hydroxylation is 2. The molecule has 1 aromatic rings. The maximum atomic E-state index is 6.38. The minimum atomic E-state index is 0.164. The molecule has 0 amide bonds. The Morgan fingerprint density at radius 1 is 1.53 bits per heavy atom. The molecule has 0 bridgehead atoms. The molecule has 0 radical (unpaired) electrons. The van der Waals surface area contributed by atoms with Gasteiger partial charge in [-0.25, -0.2) is 0 Å². The normalized spacial score (nSPS) is 22.4. The third-order valence-corrected chi connectivity index (χ3v) is 4.28. The van der Waals surface area contributed by atoms with E-state index in [1.807, 2.05) is 11.6 Å². The Kier molecular flexibility index (Phi) is 4.07. The van der Waals surface area contributed by atoms with Crippen LogP contribution in [0.2, 0.25) is 5.02 Å². The number of hydrogen-bond acceptors (Lipinski definition) is 2. The second-order valence-corrected chi connectivity index (χ2v) is 6.75. The van der Waals surface area contributed by atoms with Crippen LogP contribution in [0.25, 0.3) is 0 Å². The molecule has 3 nitrogen and oxygen atoms in total. The summed E-state index contributed by atoms with van der Waals surface area (Å²) >= 11 is 6.38. The lowest BCUT2D eigenvalue weighted by atomic mass is 9.74. The fourth-order valence-corrected chi connectivity index (χ4v) is 3.32. The first-order valence-corrected chi connectivity index (χ1v) is 7.37. The van der Waals surface area contributed by atoms with Gasteiger partial charge in [-0.1, -0.05) is 37.1 Å². The molecule has 19 heavy (non-hydrogen) atoms. The third kappa shape index (κ3) is 3.21. The first kappa shape index (κ1) is 14.6. The van der Waals surface area contributed by atoms with Crippen LogP contribution in [-0.2, 0) is 13.0 Å². The molecule has 2 N–H and O–H groups in total. The van der Waals surface area contributed by atoms with Crippen molar-refractivity contribution in [3.8, 4) is 0 Å². The zero-order valence-corrected chi connectivity index (χ0v) is 13.1. The molecule has 4 heteroatoms. The largest absolute Gasteiger partial charge is 0.324 e. The second-order valence-electron chi connectivity index (χ2n) is 6.37. The molecule has 2 rings (SSSR count). The van der Waals surface area contributed by atoms with Crippen molar-refractivity contribution in [3.05, 3.63) is 28.1 Å². The van der Waals surface area contributed by atoms with Crippen LogP contribution in [0.5, 0.6) is 0 Å². The summed E-state index contributed by atoms with van der Waals surface area (Å²) < 4.78 is 2.01. The summed E-state index contributed by atoms with van der Waals surface area (Å²) in [5, 5.41) is 5.28. The minimum Gasteiger partial charge on any atom is -0.324 e.